The van der Waals surface area contributed by atoms with Gasteiger partial charge in [-0.3, -0.25) is 0 Å². The number of hydrogen-bond acceptors (Lipinski definition) is 0. The topological polar surface area (TPSA) is 0 Å². The van der Waals surface area contributed by atoms with Crippen LogP contribution in [0.2, 0.25) is 0 Å². The number of hydrogen-bond donors (Lipinski definition) is 0. The highest BCUT2D eigenvalue weighted by Crippen LogP contribution is 2.41. The minimum atomic E-state index is -0.296. The molecular formula is C17H29F. The summed E-state index contributed by atoms with van der Waals surface area (Å²) in [7, 11) is 0. The number of allylic oxidation sites excluding steroid dienone is 2. The monoisotopic (exact) mass is 252 g/mol. The first-order chi connectivity index (χ1) is 8.79. The quantitative estimate of drug-likeness (QED) is 0.577. The van der Waals surface area contributed by atoms with Gasteiger partial charge in [0, 0.05) is 0 Å². The van der Waals surface area contributed by atoms with Crippen molar-refractivity contribution in [3.8, 4) is 0 Å². The molecule has 0 spiro atoms. The molecule has 2 fully saturated rings. The SMILES string of the molecule is CC1CCC(C2CCC(C/C=C/CF)CC2)CC1. The van der Waals surface area contributed by atoms with Crippen LogP contribution in [0.25, 0.3) is 0 Å². The Balaban J connectivity index is 1.68. The predicted molar refractivity (Wildman–Crippen MR) is 76.3 cm³/mol. The highest BCUT2D eigenvalue weighted by Gasteiger charge is 2.29. The molecule has 2 aliphatic carbocycles. The Morgan fingerprint density at radius 3 is 1.94 bits per heavy atom. The highest BCUT2D eigenvalue weighted by atomic mass is 19.1. The van der Waals surface area contributed by atoms with Gasteiger partial charge < -0.3 is 0 Å². The molecule has 0 unspecified atom stereocenters. The molecule has 0 nitrogen and oxygen atoms in total. The summed E-state index contributed by atoms with van der Waals surface area (Å²) in [5.74, 6) is 3.86. The van der Waals surface area contributed by atoms with E-state index in [1.807, 2.05) is 6.08 Å². The second-order valence-corrected chi connectivity index (χ2v) is 6.66. The molecular weight excluding hydrogens is 223 g/mol. The molecule has 104 valence electrons. The van der Waals surface area contributed by atoms with E-state index >= 15 is 0 Å². The van der Waals surface area contributed by atoms with Crippen LogP contribution in [0.15, 0.2) is 12.2 Å². The van der Waals surface area contributed by atoms with E-state index in [1.165, 1.54) is 51.4 Å². The third-order valence-corrected chi connectivity index (χ3v) is 5.34. The first-order valence-electron chi connectivity index (χ1n) is 8.00. The fourth-order valence-electron chi connectivity index (χ4n) is 4.00. The summed E-state index contributed by atoms with van der Waals surface area (Å²) in [5.41, 5.74) is 0. The van der Waals surface area contributed by atoms with Crippen LogP contribution in [0.1, 0.15) is 64.7 Å². The number of rotatable bonds is 4. The zero-order valence-corrected chi connectivity index (χ0v) is 11.9. The Labute approximate surface area is 112 Å². The summed E-state index contributed by atoms with van der Waals surface area (Å²) < 4.78 is 12.0. The van der Waals surface area contributed by atoms with Crippen molar-refractivity contribution < 1.29 is 4.39 Å². The average molecular weight is 252 g/mol. The third-order valence-electron chi connectivity index (χ3n) is 5.34. The van der Waals surface area contributed by atoms with E-state index < -0.39 is 0 Å². The molecule has 0 aromatic heterocycles. The minimum Gasteiger partial charge on any atom is -0.247 e. The van der Waals surface area contributed by atoms with E-state index in [4.69, 9.17) is 0 Å². The fourth-order valence-corrected chi connectivity index (χ4v) is 4.00. The van der Waals surface area contributed by atoms with Crippen molar-refractivity contribution in [3.05, 3.63) is 12.2 Å². The van der Waals surface area contributed by atoms with E-state index in [9.17, 15) is 4.39 Å². The Kier molecular flexibility index (Phi) is 5.72. The van der Waals surface area contributed by atoms with Crippen LogP contribution in [0.5, 0.6) is 0 Å². The summed E-state index contributed by atoms with van der Waals surface area (Å²) >= 11 is 0. The lowest BCUT2D eigenvalue weighted by Gasteiger charge is -2.37. The third kappa shape index (κ3) is 4.10. The van der Waals surface area contributed by atoms with Crippen LogP contribution >= 0.6 is 0 Å². The van der Waals surface area contributed by atoms with Gasteiger partial charge in [-0.15, -0.1) is 0 Å². The van der Waals surface area contributed by atoms with Gasteiger partial charge in [0.15, 0.2) is 0 Å². The lowest BCUT2D eigenvalue weighted by atomic mass is 9.69. The van der Waals surface area contributed by atoms with Crippen molar-refractivity contribution in [1.29, 1.82) is 0 Å². The summed E-state index contributed by atoms with van der Waals surface area (Å²) in [4.78, 5) is 0. The molecule has 0 aliphatic heterocycles. The van der Waals surface area contributed by atoms with Crippen LogP contribution in [0, 0.1) is 23.7 Å². The maximum Gasteiger partial charge on any atom is 0.108 e. The molecule has 0 aromatic carbocycles. The molecule has 1 heteroatoms. The lowest BCUT2D eigenvalue weighted by Crippen LogP contribution is -2.25. The smallest absolute Gasteiger partial charge is 0.108 e. The van der Waals surface area contributed by atoms with Gasteiger partial charge in [-0.1, -0.05) is 31.9 Å². The normalized spacial score (nSPS) is 38.1. The van der Waals surface area contributed by atoms with Crippen LogP contribution in [-0.4, -0.2) is 6.67 Å². The largest absolute Gasteiger partial charge is 0.247 e. The van der Waals surface area contributed by atoms with E-state index in [2.05, 4.69) is 6.92 Å². The number of alkyl halides is 1. The van der Waals surface area contributed by atoms with Crippen molar-refractivity contribution in [2.45, 2.75) is 64.7 Å². The average Bonchev–Trinajstić information content (AvgIpc) is 2.41. The van der Waals surface area contributed by atoms with Crippen LogP contribution < -0.4 is 0 Å². The Morgan fingerprint density at radius 2 is 1.39 bits per heavy atom. The maximum absolute atomic E-state index is 12.0. The number of halogens is 1. The molecule has 0 saturated heterocycles. The first kappa shape index (κ1) is 14.1. The van der Waals surface area contributed by atoms with Crippen molar-refractivity contribution in [3.63, 3.8) is 0 Å². The van der Waals surface area contributed by atoms with Gasteiger partial charge >= 0.3 is 0 Å². The van der Waals surface area contributed by atoms with Crippen molar-refractivity contribution in [1.82, 2.24) is 0 Å². The van der Waals surface area contributed by atoms with Gasteiger partial charge in [-0.2, -0.15) is 0 Å². The van der Waals surface area contributed by atoms with E-state index in [0.29, 0.717) is 0 Å². The Bertz CT molecular complexity index is 242. The van der Waals surface area contributed by atoms with Crippen LogP contribution in [-0.2, 0) is 0 Å². The summed E-state index contributed by atoms with van der Waals surface area (Å²) in [6, 6.07) is 0. The lowest BCUT2D eigenvalue weighted by molar-refractivity contribution is 0.151. The van der Waals surface area contributed by atoms with Gasteiger partial charge in [0.2, 0.25) is 0 Å². The molecule has 18 heavy (non-hydrogen) atoms. The second-order valence-electron chi connectivity index (χ2n) is 6.66. The molecule has 2 saturated carbocycles. The molecule has 0 heterocycles. The summed E-state index contributed by atoms with van der Waals surface area (Å²) in [6.45, 7) is 2.11. The van der Waals surface area contributed by atoms with Crippen molar-refractivity contribution >= 4 is 0 Å². The second kappa shape index (κ2) is 7.31. The van der Waals surface area contributed by atoms with Gasteiger partial charge in [-0.25, -0.2) is 4.39 Å². The standard InChI is InChI=1S/C17H29F/c1-14-5-9-16(10-6-14)17-11-7-15(8-12-17)4-2-3-13-18/h2-3,14-17H,4-13H2,1H3/b3-2+. The Morgan fingerprint density at radius 1 is 0.833 bits per heavy atom. The van der Waals surface area contributed by atoms with Crippen molar-refractivity contribution in [2.24, 2.45) is 23.7 Å². The zero-order chi connectivity index (χ0) is 12.8. The Hall–Kier alpha value is -0.330. The van der Waals surface area contributed by atoms with Gasteiger partial charge in [0.1, 0.15) is 6.67 Å². The summed E-state index contributed by atoms with van der Waals surface area (Å²) in [5, 5.41) is 0. The molecule has 0 N–H and O–H groups in total. The van der Waals surface area contributed by atoms with E-state index in [-0.39, 0.29) is 6.67 Å². The minimum absolute atomic E-state index is 0.296. The molecule has 0 aromatic rings. The van der Waals surface area contributed by atoms with Crippen molar-refractivity contribution in [2.75, 3.05) is 6.67 Å². The van der Waals surface area contributed by atoms with Crippen LogP contribution in [0.4, 0.5) is 4.39 Å². The van der Waals surface area contributed by atoms with E-state index in [0.717, 1.165) is 30.1 Å². The molecule has 0 bridgehead atoms. The zero-order valence-electron chi connectivity index (χ0n) is 11.9. The molecule has 0 radical (unpaired) electrons. The molecule has 2 rings (SSSR count). The maximum atomic E-state index is 12.0. The van der Waals surface area contributed by atoms with Crippen LogP contribution in [0.3, 0.4) is 0 Å². The molecule has 2 aliphatic rings. The van der Waals surface area contributed by atoms with E-state index in [1.54, 1.807) is 6.08 Å². The fraction of sp³-hybridized carbons (Fsp3) is 0.882. The summed E-state index contributed by atoms with van der Waals surface area (Å²) in [6.07, 6.45) is 16.4. The molecule has 0 atom stereocenters. The molecule has 0 amide bonds. The predicted octanol–water partition coefficient (Wildman–Crippen LogP) is 5.53. The van der Waals surface area contributed by atoms with Gasteiger partial charge in [0.25, 0.3) is 0 Å². The first-order valence-corrected chi connectivity index (χ1v) is 8.00. The highest BCUT2D eigenvalue weighted by molar-refractivity contribution is 4.87. The van der Waals surface area contributed by atoms with Gasteiger partial charge in [-0.05, 0) is 68.6 Å². The van der Waals surface area contributed by atoms with Gasteiger partial charge in [0.05, 0.1) is 0 Å².